The monoisotopic (exact) mass is 239 g/mol. The first kappa shape index (κ1) is 13.6. The molecule has 4 heteroatoms. The topological polar surface area (TPSA) is 49.3 Å². The molecule has 0 aliphatic rings. The maximum atomic E-state index is 13.3. The second-order valence-corrected chi connectivity index (χ2v) is 3.95. The lowest BCUT2D eigenvalue weighted by molar-refractivity contribution is -0.121. The summed E-state index contributed by atoms with van der Waals surface area (Å²) in [5, 5.41) is 11.6. The van der Waals surface area contributed by atoms with Crippen LogP contribution in [0.3, 0.4) is 0 Å². The summed E-state index contributed by atoms with van der Waals surface area (Å²) in [7, 11) is 0. The lowest BCUT2D eigenvalue weighted by Gasteiger charge is -2.15. The standard InChI is InChI=1S/C13H18FNO2/c1-2-11(7-8-16)15-13(17)9-10-5-3-4-6-12(10)14/h3-6,11,16H,2,7-9H2,1H3,(H,15,17). The number of nitrogens with one attached hydrogen (secondary N) is 1. The molecule has 1 aromatic carbocycles. The van der Waals surface area contributed by atoms with Gasteiger partial charge in [0.05, 0.1) is 6.42 Å². The van der Waals surface area contributed by atoms with Gasteiger partial charge in [0, 0.05) is 12.6 Å². The van der Waals surface area contributed by atoms with Gasteiger partial charge in [-0.2, -0.15) is 0 Å². The molecule has 1 rings (SSSR count). The van der Waals surface area contributed by atoms with Gasteiger partial charge in [-0.15, -0.1) is 0 Å². The van der Waals surface area contributed by atoms with Gasteiger partial charge in [0.2, 0.25) is 5.91 Å². The highest BCUT2D eigenvalue weighted by Gasteiger charge is 2.11. The van der Waals surface area contributed by atoms with Crippen LogP contribution >= 0.6 is 0 Å². The van der Waals surface area contributed by atoms with Crippen LogP contribution in [0.2, 0.25) is 0 Å². The summed E-state index contributed by atoms with van der Waals surface area (Å²) in [6.45, 7) is 1.97. The molecular weight excluding hydrogens is 221 g/mol. The maximum Gasteiger partial charge on any atom is 0.224 e. The predicted molar refractivity (Wildman–Crippen MR) is 64.0 cm³/mol. The lowest BCUT2D eigenvalue weighted by Crippen LogP contribution is -2.36. The van der Waals surface area contributed by atoms with Crippen molar-refractivity contribution in [3.05, 3.63) is 35.6 Å². The zero-order valence-corrected chi connectivity index (χ0v) is 9.95. The van der Waals surface area contributed by atoms with Crippen molar-refractivity contribution in [2.75, 3.05) is 6.61 Å². The fraction of sp³-hybridized carbons (Fsp3) is 0.462. The van der Waals surface area contributed by atoms with E-state index in [1.807, 2.05) is 6.92 Å². The van der Waals surface area contributed by atoms with Crippen molar-refractivity contribution in [1.29, 1.82) is 0 Å². The second kappa shape index (κ2) is 7.01. The Morgan fingerprint density at radius 2 is 2.18 bits per heavy atom. The summed E-state index contributed by atoms with van der Waals surface area (Å²) in [6.07, 6.45) is 1.32. The van der Waals surface area contributed by atoms with Crippen molar-refractivity contribution >= 4 is 5.91 Å². The van der Waals surface area contributed by atoms with Crippen LogP contribution in [-0.2, 0) is 11.2 Å². The molecular formula is C13H18FNO2. The van der Waals surface area contributed by atoms with Gasteiger partial charge in [0.1, 0.15) is 5.82 Å². The van der Waals surface area contributed by atoms with E-state index in [1.54, 1.807) is 18.2 Å². The maximum absolute atomic E-state index is 13.3. The number of halogens is 1. The first-order valence-corrected chi connectivity index (χ1v) is 5.81. The molecule has 94 valence electrons. The molecule has 3 nitrogen and oxygen atoms in total. The van der Waals surface area contributed by atoms with Gasteiger partial charge in [-0.25, -0.2) is 4.39 Å². The molecule has 2 N–H and O–H groups in total. The first-order chi connectivity index (χ1) is 8.17. The van der Waals surface area contributed by atoms with Crippen molar-refractivity contribution in [1.82, 2.24) is 5.32 Å². The van der Waals surface area contributed by atoms with Gasteiger partial charge in [0.25, 0.3) is 0 Å². The number of aliphatic hydroxyl groups is 1. The molecule has 0 heterocycles. The van der Waals surface area contributed by atoms with E-state index in [0.29, 0.717) is 12.0 Å². The first-order valence-electron chi connectivity index (χ1n) is 5.81. The molecule has 1 unspecified atom stereocenters. The van der Waals surface area contributed by atoms with Gasteiger partial charge >= 0.3 is 0 Å². The van der Waals surface area contributed by atoms with Gasteiger partial charge in [-0.3, -0.25) is 4.79 Å². The molecule has 1 amide bonds. The van der Waals surface area contributed by atoms with E-state index in [9.17, 15) is 9.18 Å². The Hall–Kier alpha value is -1.42. The molecule has 0 aliphatic carbocycles. The van der Waals surface area contributed by atoms with E-state index in [-0.39, 0.29) is 30.8 Å². The highest BCUT2D eigenvalue weighted by Crippen LogP contribution is 2.07. The van der Waals surface area contributed by atoms with Crippen LogP contribution in [0.15, 0.2) is 24.3 Å². The number of hydrogen-bond donors (Lipinski definition) is 2. The fourth-order valence-corrected chi connectivity index (χ4v) is 1.63. The summed E-state index contributed by atoms with van der Waals surface area (Å²) < 4.78 is 13.3. The van der Waals surface area contributed by atoms with Crippen LogP contribution in [0.5, 0.6) is 0 Å². The average Bonchev–Trinajstić information content (AvgIpc) is 2.31. The molecule has 1 aromatic rings. The van der Waals surface area contributed by atoms with Crippen molar-refractivity contribution in [3.63, 3.8) is 0 Å². The number of benzene rings is 1. The molecule has 0 aliphatic heterocycles. The highest BCUT2D eigenvalue weighted by molar-refractivity contribution is 5.78. The van der Waals surface area contributed by atoms with E-state index in [0.717, 1.165) is 6.42 Å². The predicted octanol–water partition coefficient (Wildman–Crippen LogP) is 1.65. The van der Waals surface area contributed by atoms with Gasteiger partial charge in [-0.05, 0) is 24.5 Å². The van der Waals surface area contributed by atoms with Gasteiger partial charge < -0.3 is 10.4 Å². The van der Waals surface area contributed by atoms with E-state index in [4.69, 9.17) is 5.11 Å². The van der Waals surface area contributed by atoms with E-state index >= 15 is 0 Å². The Morgan fingerprint density at radius 3 is 2.76 bits per heavy atom. The summed E-state index contributed by atoms with van der Waals surface area (Å²) in [5.41, 5.74) is 0.392. The number of carbonyl (C=O) groups is 1. The molecule has 0 radical (unpaired) electrons. The molecule has 0 saturated heterocycles. The van der Waals surface area contributed by atoms with Crippen LogP contribution in [-0.4, -0.2) is 23.7 Å². The number of aliphatic hydroxyl groups excluding tert-OH is 1. The molecule has 17 heavy (non-hydrogen) atoms. The van der Waals surface area contributed by atoms with Crippen molar-refractivity contribution in [3.8, 4) is 0 Å². The zero-order chi connectivity index (χ0) is 12.7. The molecule has 1 atom stereocenters. The molecule has 0 bridgehead atoms. The van der Waals surface area contributed by atoms with Crippen molar-refractivity contribution < 1.29 is 14.3 Å². The van der Waals surface area contributed by atoms with Crippen molar-refractivity contribution in [2.24, 2.45) is 0 Å². The number of amides is 1. The minimum absolute atomic E-state index is 0.0363. The van der Waals surface area contributed by atoms with Crippen LogP contribution in [0.1, 0.15) is 25.3 Å². The average molecular weight is 239 g/mol. The van der Waals surface area contributed by atoms with Crippen molar-refractivity contribution in [2.45, 2.75) is 32.2 Å². The molecule has 0 fully saturated rings. The summed E-state index contributed by atoms with van der Waals surface area (Å²) in [5.74, 6) is -0.576. The number of hydrogen-bond acceptors (Lipinski definition) is 2. The smallest absolute Gasteiger partial charge is 0.224 e. The third-order valence-corrected chi connectivity index (χ3v) is 2.64. The summed E-state index contributed by atoms with van der Waals surface area (Å²) >= 11 is 0. The second-order valence-electron chi connectivity index (χ2n) is 3.95. The lowest BCUT2D eigenvalue weighted by atomic mass is 10.1. The van der Waals surface area contributed by atoms with Crippen LogP contribution < -0.4 is 5.32 Å². The molecule has 0 saturated carbocycles. The minimum Gasteiger partial charge on any atom is -0.396 e. The fourth-order valence-electron chi connectivity index (χ4n) is 1.63. The van der Waals surface area contributed by atoms with Crippen LogP contribution in [0.25, 0.3) is 0 Å². The quantitative estimate of drug-likeness (QED) is 0.793. The Labute approximate surface area is 101 Å². The SMILES string of the molecule is CCC(CCO)NC(=O)Cc1ccccc1F. The normalized spacial score (nSPS) is 12.2. The van der Waals surface area contributed by atoms with E-state index in [2.05, 4.69) is 5.32 Å². The molecule has 0 aromatic heterocycles. The Morgan fingerprint density at radius 1 is 1.47 bits per heavy atom. The third-order valence-electron chi connectivity index (χ3n) is 2.64. The Kier molecular flexibility index (Phi) is 5.63. The van der Waals surface area contributed by atoms with E-state index < -0.39 is 0 Å². The Bertz CT molecular complexity index is 368. The zero-order valence-electron chi connectivity index (χ0n) is 9.95. The number of carbonyl (C=O) groups excluding carboxylic acids is 1. The van der Waals surface area contributed by atoms with E-state index in [1.165, 1.54) is 6.07 Å². The largest absolute Gasteiger partial charge is 0.396 e. The minimum atomic E-state index is -0.363. The Balaban J connectivity index is 2.52. The molecule has 0 spiro atoms. The summed E-state index contributed by atoms with van der Waals surface area (Å²) in [6, 6.07) is 6.20. The summed E-state index contributed by atoms with van der Waals surface area (Å²) in [4.78, 5) is 11.6. The van der Waals surface area contributed by atoms with Gasteiger partial charge in [-0.1, -0.05) is 25.1 Å². The third kappa shape index (κ3) is 4.53. The highest BCUT2D eigenvalue weighted by atomic mass is 19.1. The van der Waals surface area contributed by atoms with Crippen LogP contribution in [0.4, 0.5) is 4.39 Å². The number of rotatable bonds is 6. The van der Waals surface area contributed by atoms with Gasteiger partial charge in [0.15, 0.2) is 0 Å². The van der Waals surface area contributed by atoms with Crippen LogP contribution in [0, 0.1) is 5.82 Å².